The van der Waals surface area contributed by atoms with Gasteiger partial charge in [0.2, 0.25) is 5.91 Å². The zero-order valence-corrected chi connectivity index (χ0v) is 16.2. The number of anilines is 1. The van der Waals surface area contributed by atoms with Gasteiger partial charge in [-0.05, 0) is 50.5 Å². The number of nitrogens with one attached hydrogen (secondary N) is 1. The SMILES string of the molecule is CCN(CC)c1ccc(CC(=O)NC(C)Cc2ccccc2)cc1.Cl. The maximum atomic E-state index is 12.2. The largest absolute Gasteiger partial charge is 0.372 e. The molecule has 1 atom stereocenters. The van der Waals surface area contributed by atoms with E-state index in [2.05, 4.69) is 60.5 Å². The Labute approximate surface area is 157 Å². The number of amides is 1. The second-order valence-electron chi connectivity index (χ2n) is 6.17. The number of carbonyl (C=O) groups is 1. The summed E-state index contributed by atoms with van der Waals surface area (Å²) in [5.74, 6) is 0.0778. The van der Waals surface area contributed by atoms with Gasteiger partial charge in [0.15, 0.2) is 0 Å². The molecule has 2 aromatic carbocycles. The van der Waals surface area contributed by atoms with Crippen LogP contribution >= 0.6 is 12.4 Å². The molecule has 0 aromatic heterocycles. The van der Waals surface area contributed by atoms with Crippen molar-refractivity contribution >= 4 is 24.0 Å². The molecule has 1 N–H and O–H groups in total. The van der Waals surface area contributed by atoms with Crippen LogP contribution in [0.5, 0.6) is 0 Å². The molecule has 0 saturated heterocycles. The zero-order valence-electron chi connectivity index (χ0n) is 15.4. The summed E-state index contributed by atoms with van der Waals surface area (Å²) >= 11 is 0. The van der Waals surface area contributed by atoms with E-state index >= 15 is 0 Å². The topological polar surface area (TPSA) is 32.3 Å². The normalized spacial score (nSPS) is 11.3. The molecular weight excluding hydrogens is 332 g/mol. The van der Waals surface area contributed by atoms with Crippen LogP contribution in [0.15, 0.2) is 54.6 Å². The van der Waals surface area contributed by atoms with Gasteiger partial charge in [0.25, 0.3) is 0 Å². The number of benzene rings is 2. The Balaban J connectivity index is 0.00000312. The lowest BCUT2D eigenvalue weighted by Gasteiger charge is -2.21. The van der Waals surface area contributed by atoms with Gasteiger partial charge in [-0.25, -0.2) is 0 Å². The van der Waals surface area contributed by atoms with Crippen molar-refractivity contribution in [3.8, 4) is 0 Å². The van der Waals surface area contributed by atoms with E-state index in [1.807, 2.05) is 25.1 Å². The van der Waals surface area contributed by atoms with Crippen molar-refractivity contribution in [1.29, 1.82) is 0 Å². The molecule has 0 fully saturated rings. The lowest BCUT2D eigenvalue weighted by molar-refractivity contribution is -0.121. The summed E-state index contributed by atoms with van der Waals surface area (Å²) in [6.45, 7) is 8.34. The molecule has 2 aromatic rings. The summed E-state index contributed by atoms with van der Waals surface area (Å²) in [5.41, 5.74) is 3.51. The fourth-order valence-electron chi connectivity index (χ4n) is 2.94. The molecule has 25 heavy (non-hydrogen) atoms. The van der Waals surface area contributed by atoms with E-state index in [1.165, 1.54) is 11.3 Å². The molecule has 0 bridgehead atoms. The first kappa shape index (κ1) is 21.0. The van der Waals surface area contributed by atoms with Crippen molar-refractivity contribution in [3.63, 3.8) is 0 Å². The smallest absolute Gasteiger partial charge is 0.224 e. The fraction of sp³-hybridized carbons (Fsp3) is 0.381. The summed E-state index contributed by atoms with van der Waals surface area (Å²) < 4.78 is 0. The number of halogens is 1. The van der Waals surface area contributed by atoms with Gasteiger partial charge in [-0.1, -0.05) is 42.5 Å². The van der Waals surface area contributed by atoms with Crippen molar-refractivity contribution in [1.82, 2.24) is 5.32 Å². The highest BCUT2D eigenvalue weighted by atomic mass is 35.5. The van der Waals surface area contributed by atoms with Gasteiger partial charge in [-0.2, -0.15) is 0 Å². The van der Waals surface area contributed by atoms with Crippen LogP contribution in [-0.4, -0.2) is 25.0 Å². The lowest BCUT2D eigenvalue weighted by Crippen LogP contribution is -2.35. The fourth-order valence-corrected chi connectivity index (χ4v) is 2.94. The third-order valence-electron chi connectivity index (χ3n) is 4.22. The molecule has 0 aliphatic carbocycles. The van der Waals surface area contributed by atoms with Gasteiger partial charge < -0.3 is 10.2 Å². The van der Waals surface area contributed by atoms with E-state index in [0.29, 0.717) is 6.42 Å². The van der Waals surface area contributed by atoms with Gasteiger partial charge in [-0.15, -0.1) is 12.4 Å². The van der Waals surface area contributed by atoms with Gasteiger partial charge >= 0.3 is 0 Å². The molecule has 3 nitrogen and oxygen atoms in total. The third kappa shape index (κ3) is 6.79. The van der Waals surface area contributed by atoms with Crippen LogP contribution in [-0.2, 0) is 17.6 Å². The Bertz CT molecular complexity index is 624. The molecule has 0 heterocycles. The van der Waals surface area contributed by atoms with Crippen molar-refractivity contribution in [2.45, 2.75) is 39.7 Å². The highest BCUT2D eigenvalue weighted by Crippen LogP contribution is 2.15. The monoisotopic (exact) mass is 360 g/mol. The second-order valence-corrected chi connectivity index (χ2v) is 6.17. The summed E-state index contributed by atoms with van der Waals surface area (Å²) in [5, 5.41) is 3.09. The second kappa shape index (κ2) is 10.8. The Morgan fingerprint density at radius 1 is 0.960 bits per heavy atom. The van der Waals surface area contributed by atoms with Gasteiger partial charge in [0.05, 0.1) is 6.42 Å². The Morgan fingerprint density at radius 2 is 1.56 bits per heavy atom. The van der Waals surface area contributed by atoms with Crippen LogP contribution in [0.3, 0.4) is 0 Å². The molecule has 1 amide bonds. The van der Waals surface area contributed by atoms with Crippen LogP contribution in [0, 0.1) is 0 Å². The minimum absolute atomic E-state index is 0. The Kier molecular flexibility index (Phi) is 9.07. The van der Waals surface area contributed by atoms with E-state index in [9.17, 15) is 4.79 Å². The maximum absolute atomic E-state index is 12.2. The molecule has 0 radical (unpaired) electrons. The van der Waals surface area contributed by atoms with E-state index in [-0.39, 0.29) is 24.4 Å². The first-order valence-corrected chi connectivity index (χ1v) is 8.79. The van der Waals surface area contributed by atoms with Crippen molar-refractivity contribution in [2.75, 3.05) is 18.0 Å². The molecule has 0 saturated carbocycles. The molecule has 1 unspecified atom stereocenters. The van der Waals surface area contributed by atoms with Gasteiger partial charge in [0.1, 0.15) is 0 Å². The summed E-state index contributed by atoms with van der Waals surface area (Å²) in [7, 11) is 0. The predicted octanol–water partition coefficient (Wildman–Crippen LogP) is 4.24. The van der Waals surface area contributed by atoms with Crippen LogP contribution in [0.2, 0.25) is 0 Å². The quantitative estimate of drug-likeness (QED) is 0.763. The molecule has 0 aliphatic rings. The average Bonchev–Trinajstić information content (AvgIpc) is 2.58. The zero-order chi connectivity index (χ0) is 17.4. The number of carbonyl (C=O) groups excluding carboxylic acids is 1. The van der Waals surface area contributed by atoms with Crippen LogP contribution in [0.4, 0.5) is 5.69 Å². The third-order valence-corrected chi connectivity index (χ3v) is 4.22. The number of hydrogen-bond donors (Lipinski definition) is 1. The number of rotatable bonds is 8. The van der Waals surface area contributed by atoms with Gasteiger partial charge in [-0.3, -0.25) is 4.79 Å². The molecule has 2 rings (SSSR count). The Morgan fingerprint density at radius 3 is 2.12 bits per heavy atom. The first-order valence-electron chi connectivity index (χ1n) is 8.79. The number of nitrogens with zero attached hydrogens (tertiary/aromatic N) is 1. The highest BCUT2D eigenvalue weighted by Gasteiger charge is 2.09. The van der Waals surface area contributed by atoms with E-state index < -0.39 is 0 Å². The minimum atomic E-state index is 0. The molecule has 0 spiro atoms. The van der Waals surface area contributed by atoms with Crippen molar-refractivity contribution in [2.24, 2.45) is 0 Å². The standard InChI is InChI=1S/C21H28N2O.ClH/c1-4-23(5-2)20-13-11-19(12-14-20)16-21(24)22-17(3)15-18-9-7-6-8-10-18;/h6-14,17H,4-5,15-16H2,1-3H3,(H,22,24);1H. The maximum Gasteiger partial charge on any atom is 0.224 e. The molecule has 4 heteroatoms. The van der Waals surface area contributed by atoms with E-state index in [4.69, 9.17) is 0 Å². The highest BCUT2D eigenvalue weighted by molar-refractivity contribution is 5.85. The van der Waals surface area contributed by atoms with Crippen molar-refractivity contribution < 1.29 is 4.79 Å². The average molecular weight is 361 g/mol. The van der Waals surface area contributed by atoms with E-state index in [1.54, 1.807) is 0 Å². The minimum Gasteiger partial charge on any atom is -0.372 e. The Hall–Kier alpha value is -2.00. The van der Waals surface area contributed by atoms with Gasteiger partial charge in [0, 0.05) is 24.8 Å². The molecule has 136 valence electrons. The molecular formula is C21H29ClN2O. The molecule has 0 aliphatic heterocycles. The summed E-state index contributed by atoms with van der Waals surface area (Å²) in [6, 6.07) is 18.7. The van der Waals surface area contributed by atoms with Crippen molar-refractivity contribution in [3.05, 3.63) is 65.7 Å². The number of hydrogen-bond acceptors (Lipinski definition) is 2. The van der Waals surface area contributed by atoms with Crippen LogP contribution in [0.25, 0.3) is 0 Å². The summed E-state index contributed by atoms with van der Waals surface area (Å²) in [4.78, 5) is 14.5. The lowest BCUT2D eigenvalue weighted by atomic mass is 10.1. The van der Waals surface area contributed by atoms with E-state index in [0.717, 1.165) is 25.1 Å². The first-order chi connectivity index (χ1) is 11.6. The van der Waals surface area contributed by atoms with Crippen LogP contribution in [0.1, 0.15) is 31.9 Å². The predicted molar refractivity (Wildman–Crippen MR) is 109 cm³/mol. The van der Waals surface area contributed by atoms with Crippen LogP contribution < -0.4 is 10.2 Å². The summed E-state index contributed by atoms with van der Waals surface area (Å²) in [6.07, 6.45) is 1.28.